The van der Waals surface area contributed by atoms with Gasteiger partial charge in [0.05, 0.1) is 13.2 Å². The molecule has 1 N–H and O–H groups in total. The van der Waals surface area contributed by atoms with Gasteiger partial charge in [-0.2, -0.15) is 11.8 Å². The lowest BCUT2D eigenvalue weighted by molar-refractivity contribution is -0.143. The summed E-state index contributed by atoms with van der Waals surface area (Å²) in [6.45, 7) is 1.87. The fourth-order valence-corrected chi connectivity index (χ4v) is 2.91. The number of thioether (sulfide) groups is 1. The van der Waals surface area contributed by atoms with Crippen LogP contribution >= 0.6 is 11.8 Å². The first kappa shape index (κ1) is 13.5. The third kappa shape index (κ3) is 4.14. The summed E-state index contributed by atoms with van der Waals surface area (Å²) in [6.07, 6.45) is 1.41. The zero-order chi connectivity index (χ0) is 12.0. The SMILES string of the molecule is CC(=O)OCC1CCC(=O)C1CSCCO. The van der Waals surface area contributed by atoms with E-state index in [0.29, 0.717) is 18.8 Å². The molecule has 2 unspecified atom stereocenters. The number of hydrogen-bond donors (Lipinski definition) is 1. The molecule has 16 heavy (non-hydrogen) atoms. The summed E-state index contributed by atoms with van der Waals surface area (Å²) < 4.78 is 4.96. The van der Waals surface area contributed by atoms with Crippen LogP contribution in [0.25, 0.3) is 0 Å². The zero-order valence-corrected chi connectivity index (χ0v) is 10.3. The lowest BCUT2D eigenvalue weighted by Gasteiger charge is -2.17. The van der Waals surface area contributed by atoms with Crippen LogP contribution in [0.2, 0.25) is 0 Å². The van der Waals surface area contributed by atoms with E-state index >= 15 is 0 Å². The molecule has 0 bridgehead atoms. The fraction of sp³-hybridized carbons (Fsp3) is 0.818. The Morgan fingerprint density at radius 3 is 3.00 bits per heavy atom. The Morgan fingerprint density at radius 1 is 1.62 bits per heavy atom. The van der Waals surface area contributed by atoms with Gasteiger partial charge in [-0.3, -0.25) is 9.59 Å². The monoisotopic (exact) mass is 246 g/mol. The Labute approximate surface area is 99.7 Å². The fourth-order valence-electron chi connectivity index (χ4n) is 1.90. The molecule has 0 spiro atoms. The highest BCUT2D eigenvalue weighted by molar-refractivity contribution is 7.99. The van der Waals surface area contributed by atoms with Gasteiger partial charge in [-0.25, -0.2) is 0 Å². The van der Waals surface area contributed by atoms with E-state index in [9.17, 15) is 9.59 Å². The number of ketones is 1. The highest BCUT2D eigenvalue weighted by Gasteiger charge is 2.34. The average Bonchev–Trinajstić information content (AvgIpc) is 2.58. The van der Waals surface area contributed by atoms with Crippen molar-refractivity contribution in [2.75, 3.05) is 24.7 Å². The molecule has 2 atom stereocenters. The molecule has 1 fully saturated rings. The highest BCUT2D eigenvalue weighted by Crippen LogP contribution is 2.31. The zero-order valence-electron chi connectivity index (χ0n) is 9.48. The first-order chi connectivity index (χ1) is 7.65. The van der Waals surface area contributed by atoms with Crippen molar-refractivity contribution in [3.8, 4) is 0 Å². The summed E-state index contributed by atoms with van der Waals surface area (Å²) in [5.74, 6) is 1.53. The molecule has 0 radical (unpaired) electrons. The Balaban J connectivity index is 2.36. The van der Waals surface area contributed by atoms with Crippen LogP contribution in [0.3, 0.4) is 0 Å². The molecule has 0 aromatic rings. The molecule has 4 nitrogen and oxygen atoms in total. The number of carbonyl (C=O) groups is 2. The van der Waals surface area contributed by atoms with Gasteiger partial charge < -0.3 is 9.84 Å². The summed E-state index contributed by atoms with van der Waals surface area (Å²) in [4.78, 5) is 22.3. The predicted octanol–water partition coefficient (Wildman–Crippen LogP) is 0.870. The van der Waals surface area contributed by atoms with E-state index in [0.717, 1.165) is 12.2 Å². The van der Waals surface area contributed by atoms with Gasteiger partial charge in [-0.05, 0) is 6.42 Å². The van der Waals surface area contributed by atoms with E-state index in [2.05, 4.69) is 0 Å². The Bertz CT molecular complexity index is 254. The average molecular weight is 246 g/mol. The lowest BCUT2D eigenvalue weighted by atomic mass is 9.98. The number of rotatable bonds is 6. The highest BCUT2D eigenvalue weighted by atomic mass is 32.2. The molecule has 1 aliphatic rings. The number of esters is 1. The number of ether oxygens (including phenoxy) is 1. The molecule has 1 rings (SSSR count). The molecule has 0 aromatic carbocycles. The van der Waals surface area contributed by atoms with Gasteiger partial charge in [0.25, 0.3) is 0 Å². The quantitative estimate of drug-likeness (QED) is 0.556. The van der Waals surface area contributed by atoms with Gasteiger partial charge in [-0.1, -0.05) is 0 Å². The van der Waals surface area contributed by atoms with E-state index < -0.39 is 0 Å². The van der Waals surface area contributed by atoms with Crippen LogP contribution in [0.15, 0.2) is 0 Å². The molecular formula is C11H18O4S. The molecule has 0 aromatic heterocycles. The van der Waals surface area contributed by atoms with Crippen molar-refractivity contribution < 1.29 is 19.4 Å². The number of Topliss-reactive ketones (excluding diaryl/α,β-unsaturated/α-hetero) is 1. The number of aliphatic hydroxyl groups is 1. The molecule has 0 aliphatic heterocycles. The third-order valence-corrected chi connectivity index (χ3v) is 3.84. The number of hydrogen-bond acceptors (Lipinski definition) is 5. The normalized spacial score (nSPS) is 24.8. The molecule has 92 valence electrons. The molecule has 0 saturated heterocycles. The second-order valence-corrected chi connectivity index (χ2v) is 5.12. The maximum atomic E-state index is 11.6. The molecule has 5 heteroatoms. The Kier molecular flexibility index (Phi) is 5.84. The molecule has 0 amide bonds. The van der Waals surface area contributed by atoms with E-state index in [1.807, 2.05) is 0 Å². The van der Waals surface area contributed by atoms with Gasteiger partial charge in [0, 0.05) is 36.7 Å². The largest absolute Gasteiger partial charge is 0.466 e. The van der Waals surface area contributed by atoms with Crippen LogP contribution in [-0.4, -0.2) is 41.6 Å². The van der Waals surface area contributed by atoms with Crippen molar-refractivity contribution >= 4 is 23.5 Å². The minimum Gasteiger partial charge on any atom is -0.466 e. The van der Waals surface area contributed by atoms with Crippen LogP contribution in [0.4, 0.5) is 0 Å². The maximum absolute atomic E-state index is 11.6. The van der Waals surface area contributed by atoms with Crippen LogP contribution in [0, 0.1) is 11.8 Å². The minimum absolute atomic E-state index is 0.00380. The smallest absolute Gasteiger partial charge is 0.302 e. The number of aliphatic hydroxyl groups excluding tert-OH is 1. The Morgan fingerprint density at radius 2 is 2.38 bits per heavy atom. The van der Waals surface area contributed by atoms with Crippen molar-refractivity contribution in [3.05, 3.63) is 0 Å². The van der Waals surface area contributed by atoms with Crippen LogP contribution in [0.5, 0.6) is 0 Å². The summed E-state index contributed by atoms with van der Waals surface area (Å²) in [5.41, 5.74) is 0. The predicted molar refractivity (Wildman–Crippen MR) is 62.3 cm³/mol. The van der Waals surface area contributed by atoms with Gasteiger partial charge in [0.2, 0.25) is 0 Å². The number of carbonyl (C=O) groups excluding carboxylic acids is 2. The summed E-state index contributed by atoms with van der Waals surface area (Å²) in [7, 11) is 0. The summed E-state index contributed by atoms with van der Waals surface area (Å²) in [5, 5.41) is 8.67. The molecular weight excluding hydrogens is 228 g/mol. The second kappa shape index (κ2) is 6.91. The van der Waals surface area contributed by atoms with E-state index in [1.54, 1.807) is 11.8 Å². The minimum atomic E-state index is -0.291. The second-order valence-electron chi connectivity index (χ2n) is 3.97. The maximum Gasteiger partial charge on any atom is 0.302 e. The van der Waals surface area contributed by atoms with Crippen LogP contribution in [0.1, 0.15) is 19.8 Å². The standard InChI is InChI=1S/C11H18O4S/c1-8(13)15-6-9-2-3-11(14)10(9)7-16-5-4-12/h9-10,12H,2-7H2,1H3. The van der Waals surface area contributed by atoms with Gasteiger partial charge in [-0.15, -0.1) is 0 Å². The Hall–Kier alpha value is -0.550. The van der Waals surface area contributed by atoms with Crippen molar-refractivity contribution in [1.29, 1.82) is 0 Å². The van der Waals surface area contributed by atoms with Gasteiger partial charge in [0.1, 0.15) is 5.78 Å². The lowest BCUT2D eigenvalue weighted by Crippen LogP contribution is -2.22. The third-order valence-electron chi connectivity index (χ3n) is 2.78. The van der Waals surface area contributed by atoms with Crippen molar-refractivity contribution in [2.45, 2.75) is 19.8 Å². The van der Waals surface area contributed by atoms with Crippen molar-refractivity contribution in [1.82, 2.24) is 0 Å². The molecule has 1 saturated carbocycles. The first-order valence-electron chi connectivity index (χ1n) is 5.49. The summed E-state index contributed by atoms with van der Waals surface area (Å²) >= 11 is 1.58. The van der Waals surface area contributed by atoms with Crippen LogP contribution < -0.4 is 0 Å². The van der Waals surface area contributed by atoms with Crippen LogP contribution in [-0.2, 0) is 14.3 Å². The molecule has 1 aliphatic carbocycles. The van der Waals surface area contributed by atoms with Crippen molar-refractivity contribution in [2.24, 2.45) is 11.8 Å². The van der Waals surface area contributed by atoms with Gasteiger partial charge >= 0.3 is 5.97 Å². The topological polar surface area (TPSA) is 63.6 Å². The van der Waals surface area contributed by atoms with Gasteiger partial charge in [0.15, 0.2) is 0 Å². The van der Waals surface area contributed by atoms with E-state index in [-0.39, 0.29) is 30.2 Å². The van der Waals surface area contributed by atoms with Crippen molar-refractivity contribution in [3.63, 3.8) is 0 Å². The van der Waals surface area contributed by atoms with E-state index in [1.165, 1.54) is 6.92 Å². The summed E-state index contributed by atoms with van der Waals surface area (Å²) in [6, 6.07) is 0. The first-order valence-corrected chi connectivity index (χ1v) is 6.65. The molecule has 0 heterocycles. The van der Waals surface area contributed by atoms with E-state index in [4.69, 9.17) is 9.84 Å².